The first kappa shape index (κ1) is 17.7. The molecule has 1 heterocycles. The van der Waals surface area contributed by atoms with Crippen LogP contribution in [-0.2, 0) is 12.3 Å². The van der Waals surface area contributed by atoms with Crippen LogP contribution in [0, 0.1) is 10.1 Å². The van der Waals surface area contributed by atoms with Crippen molar-refractivity contribution in [3.05, 3.63) is 38.2 Å². The maximum absolute atomic E-state index is 10.3. The van der Waals surface area contributed by atoms with E-state index in [0.717, 1.165) is 35.0 Å². The fraction of sp³-hybridized carbons (Fsp3) is 0.583. The molecule has 0 radical (unpaired) electrons. The van der Waals surface area contributed by atoms with Gasteiger partial charge >= 0.3 is 0 Å². The van der Waals surface area contributed by atoms with E-state index >= 15 is 0 Å². The normalized spacial score (nSPS) is 11.9. The highest BCUT2D eigenvalue weighted by atomic mass is 32.2. The van der Waals surface area contributed by atoms with E-state index in [0.29, 0.717) is 6.54 Å². The van der Waals surface area contributed by atoms with Gasteiger partial charge in [0.2, 0.25) is 0 Å². The van der Waals surface area contributed by atoms with Crippen molar-refractivity contribution in [2.75, 3.05) is 33.4 Å². The second-order valence-corrected chi connectivity index (χ2v) is 6.83. The van der Waals surface area contributed by atoms with Crippen molar-refractivity contribution in [3.63, 3.8) is 0 Å². The Balaban J connectivity index is 2.28. The zero-order valence-corrected chi connectivity index (χ0v) is 14.1. The smallest absolute Gasteiger partial charge is 0.274 e. The molecule has 0 aromatic carbocycles. The van der Waals surface area contributed by atoms with E-state index in [9.17, 15) is 10.1 Å². The van der Waals surface area contributed by atoms with Gasteiger partial charge in [-0.2, -0.15) is 11.8 Å². The number of aromatic nitrogens is 1. The molecule has 0 atom stereocenters. The SMILES string of the molecule is CN(C)Cc1nc(CSCCN(C)/C(N)=C/[N+](=O)[O-])cs1. The average Bonchev–Trinajstić information content (AvgIpc) is 2.80. The van der Waals surface area contributed by atoms with Crippen LogP contribution in [0.1, 0.15) is 10.7 Å². The van der Waals surface area contributed by atoms with Gasteiger partial charge < -0.3 is 15.5 Å². The molecule has 0 spiro atoms. The van der Waals surface area contributed by atoms with Gasteiger partial charge in [-0.3, -0.25) is 10.1 Å². The number of hydrogen-bond donors (Lipinski definition) is 1. The quantitative estimate of drug-likeness (QED) is 0.416. The molecule has 21 heavy (non-hydrogen) atoms. The van der Waals surface area contributed by atoms with Crippen molar-refractivity contribution in [2.45, 2.75) is 12.3 Å². The van der Waals surface area contributed by atoms with E-state index in [-0.39, 0.29) is 5.82 Å². The molecule has 0 aliphatic rings. The molecule has 9 heteroatoms. The van der Waals surface area contributed by atoms with Crippen molar-refractivity contribution in [1.82, 2.24) is 14.8 Å². The largest absolute Gasteiger partial charge is 0.380 e. The second-order valence-electron chi connectivity index (χ2n) is 4.78. The number of nitro groups is 1. The van der Waals surface area contributed by atoms with Crippen LogP contribution in [0.4, 0.5) is 0 Å². The zero-order chi connectivity index (χ0) is 15.8. The van der Waals surface area contributed by atoms with Crippen LogP contribution in [0.5, 0.6) is 0 Å². The van der Waals surface area contributed by atoms with E-state index in [1.807, 2.05) is 14.1 Å². The standard InChI is InChI=1S/C12H21N5O2S2/c1-15(2)7-12-14-10(9-21-12)8-20-5-4-16(3)11(13)6-17(18)19/h6,9H,4-5,7-8,13H2,1-3H3/b11-6+. The number of thiazole rings is 1. The van der Waals surface area contributed by atoms with Gasteiger partial charge in [0.15, 0.2) is 5.82 Å². The zero-order valence-electron chi connectivity index (χ0n) is 12.5. The molecule has 118 valence electrons. The van der Waals surface area contributed by atoms with Crippen LogP contribution < -0.4 is 5.73 Å². The van der Waals surface area contributed by atoms with Crippen molar-refractivity contribution in [2.24, 2.45) is 5.73 Å². The van der Waals surface area contributed by atoms with E-state index in [4.69, 9.17) is 5.73 Å². The predicted molar refractivity (Wildman–Crippen MR) is 87.6 cm³/mol. The third-order valence-corrected chi connectivity index (χ3v) is 4.40. The van der Waals surface area contributed by atoms with E-state index in [1.165, 1.54) is 0 Å². The highest BCUT2D eigenvalue weighted by Crippen LogP contribution is 2.16. The maximum atomic E-state index is 10.3. The first-order valence-corrected chi connectivity index (χ1v) is 8.39. The summed E-state index contributed by atoms with van der Waals surface area (Å²) in [4.78, 5) is 18.1. The summed E-state index contributed by atoms with van der Waals surface area (Å²) in [6.45, 7) is 1.52. The molecule has 0 saturated heterocycles. The summed E-state index contributed by atoms with van der Waals surface area (Å²) in [6.07, 6.45) is 0.818. The van der Waals surface area contributed by atoms with Crippen molar-refractivity contribution < 1.29 is 4.92 Å². The Morgan fingerprint density at radius 1 is 1.57 bits per heavy atom. The van der Waals surface area contributed by atoms with Crippen molar-refractivity contribution >= 4 is 23.1 Å². The second kappa shape index (κ2) is 8.85. The minimum Gasteiger partial charge on any atom is -0.380 e. The predicted octanol–water partition coefficient (Wildman–Crippen LogP) is 1.40. The van der Waals surface area contributed by atoms with E-state index < -0.39 is 4.92 Å². The number of thioether (sulfide) groups is 1. The Kier molecular flexibility index (Phi) is 7.48. The monoisotopic (exact) mass is 331 g/mol. The Labute approximate surface area is 133 Å². The van der Waals surface area contributed by atoms with Crippen LogP contribution in [0.15, 0.2) is 17.4 Å². The van der Waals surface area contributed by atoms with Crippen LogP contribution >= 0.6 is 23.1 Å². The van der Waals surface area contributed by atoms with E-state index in [2.05, 4.69) is 15.3 Å². The Morgan fingerprint density at radius 3 is 2.90 bits per heavy atom. The highest BCUT2D eigenvalue weighted by molar-refractivity contribution is 7.98. The van der Waals surface area contributed by atoms with Crippen LogP contribution in [0.25, 0.3) is 0 Å². The van der Waals surface area contributed by atoms with Crippen molar-refractivity contribution in [1.29, 1.82) is 0 Å². The number of rotatable bonds is 9. The minimum absolute atomic E-state index is 0.169. The molecule has 7 nitrogen and oxygen atoms in total. The molecule has 0 aliphatic carbocycles. The third kappa shape index (κ3) is 7.30. The highest BCUT2D eigenvalue weighted by Gasteiger charge is 2.06. The van der Waals surface area contributed by atoms with Gasteiger partial charge in [-0.1, -0.05) is 0 Å². The van der Waals surface area contributed by atoms with Gasteiger partial charge in [-0.05, 0) is 14.1 Å². The van der Waals surface area contributed by atoms with Crippen LogP contribution in [0.2, 0.25) is 0 Å². The number of hydrogen-bond acceptors (Lipinski definition) is 8. The lowest BCUT2D eigenvalue weighted by Gasteiger charge is -2.16. The molecule has 0 saturated carbocycles. The molecule has 0 fully saturated rings. The summed E-state index contributed by atoms with van der Waals surface area (Å²) in [5.74, 6) is 1.85. The maximum Gasteiger partial charge on any atom is 0.274 e. The summed E-state index contributed by atoms with van der Waals surface area (Å²) in [7, 11) is 5.79. The van der Waals surface area contributed by atoms with Gasteiger partial charge in [-0.15, -0.1) is 11.3 Å². The number of nitrogens with two attached hydrogens (primary N) is 1. The molecule has 0 aliphatic heterocycles. The van der Waals surface area contributed by atoms with Crippen LogP contribution in [0.3, 0.4) is 0 Å². The first-order chi connectivity index (χ1) is 9.88. The lowest BCUT2D eigenvalue weighted by molar-refractivity contribution is -0.404. The topological polar surface area (TPSA) is 88.5 Å². The lowest BCUT2D eigenvalue weighted by atomic mass is 10.5. The number of nitrogens with zero attached hydrogens (tertiary/aromatic N) is 4. The molecule has 1 rings (SSSR count). The van der Waals surface area contributed by atoms with Gasteiger partial charge in [0.1, 0.15) is 5.01 Å². The summed E-state index contributed by atoms with van der Waals surface area (Å²) < 4.78 is 0. The summed E-state index contributed by atoms with van der Waals surface area (Å²) in [6, 6.07) is 0. The third-order valence-electron chi connectivity index (χ3n) is 2.55. The molecular formula is C12H21N5O2S2. The Hall–Kier alpha value is -1.32. The van der Waals surface area contributed by atoms with Gasteiger partial charge in [0, 0.05) is 37.0 Å². The summed E-state index contributed by atoms with van der Waals surface area (Å²) >= 11 is 3.41. The molecule has 2 N–H and O–H groups in total. The Morgan fingerprint density at radius 2 is 2.29 bits per heavy atom. The molecule has 1 aromatic rings. The van der Waals surface area contributed by atoms with Gasteiger partial charge in [0.05, 0.1) is 10.6 Å². The molecule has 0 amide bonds. The molecular weight excluding hydrogens is 310 g/mol. The van der Waals surface area contributed by atoms with Crippen molar-refractivity contribution in [3.8, 4) is 0 Å². The van der Waals surface area contributed by atoms with Gasteiger partial charge in [0.25, 0.3) is 6.20 Å². The summed E-state index contributed by atoms with van der Waals surface area (Å²) in [5, 5.41) is 13.5. The molecule has 0 bridgehead atoms. The summed E-state index contributed by atoms with van der Waals surface area (Å²) in [5.41, 5.74) is 6.66. The fourth-order valence-electron chi connectivity index (χ4n) is 1.47. The fourth-order valence-corrected chi connectivity index (χ4v) is 3.39. The lowest BCUT2D eigenvalue weighted by Crippen LogP contribution is -2.26. The minimum atomic E-state index is -0.541. The van der Waals surface area contributed by atoms with E-state index in [1.54, 1.807) is 35.0 Å². The molecule has 1 aromatic heterocycles. The van der Waals surface area contributed by atoms with Crippen LogP contribution in [-0.4, -0.2) is 53.1 Å². The average molecular weight is 331 g/mol. The Bertz CT molecular complexity index is 490. The van der Waals surface area contributed by atoms with Gasteiger partial charge in [-0.25, -0.2) is 4.98 Å². The molecule has 0 unspecified atom stereocenters. The first-order valence-electron chi connectivity index (χ1n) is 6.36.